The van der Waals surface area contributed by atoms with Gasteiger partial charge in [0.25, 0.3) is 11.1 Å². The third-order valence-corrected chi connectivity index (χ3v) is 6.77. The van der Waals surface area contributed by atoms with Gasteiger partial charge in [-0.3, -0.25) is 14.5 Å². The highest BCUT2D eigenvalue weighted by molar-refractivity contribution is 8.18. The van der Waals surface area contributed by atoms with E-state index < -0.39 is 5.97 Å². The standard InChI is InChI=1S/C30H23NO5S/c1-2-35-26-17-20(15-16-25(26)36-29(33)22-10-4-3-5-11-22)18-27-28(32)31(30(34)37-27)19-23-13-8-12-21-9-6-7-14-24(21)23/h3-18H,2,19H2,1H3/b27-18-. The molecule has 4 aromatic carbocycles. The molecule has 6 nitrogen and oxygen atoms in total. The predicted octanol–water partition coefficient (Wildman–Crippen LogP) is 6.69. The van der Waals surface area contributed by atoms with E-state index in [0.717, 1.165) is 28.1 Å². The molecule has 0 atom stereocenters. The van der Waals surface area contributed by atoms with Gasteiger partial charge in [-0.2, -0.15) is 0 Å². The van der Waals surface area contributed by atoms with Gasteiger partial charge in [0.15, 0.2) is 11.5 Å². The molecule has 5 rings (SSSR count). The smallest absolute Gasteiger partial charge is 0.343 e. The zero-order chi connectivity index (χ0) is 25.8. The number of fused-ring (bicyclic) bond motifs is 1. The largest absolute Gasteiger partial charge is 0.490 e. The minimum absolute atomic E-state index is 0.196. The summed E-state index contributed by atoms with van der Waals surface area (Å²) in [6, 6.07) is 27.5. The van der Waals surface area contributed by atoms with Gasteiger partial charge in [0.2, 0.25) is 0 Å². The Bertz CT molecular complexity index is 1520. The fraction of sp³-hybridized carbons (Fsp3) is 0.100. The molecule has 0 aliphatic carbocycles. The highest BCUT2D eigenvalue weighted by Gasteiger charge is 2.35. The zero-order valence-corrected chi connectivity index (χ0v) is 20.9. The number of nitrogens with zero attached hydrogens (tertiary/aromatic N) is 1. The molecule has 0 spiro atoms. The average molecular weight is 510 g/mol. The van der Waals surface area contributed by atoms with Gasteiger partial charge in [-0.1, -0.05) is 66.7 Å². The lowest BCUT2D eigenvalue weighted by atomic mass is 10.0. The Hall–Kier alpha value is -4.36. The number of amides is 2. The zero-order valence-electron chi connectivity index (χ0n) is 20.0. The van der Waals surface area contributed by atoms with Crippen molar-refractivity contribution in [3.63, 3.8) is 0 Å². The van der Waals surface area contributed by atoms with E-state index in [1.165, 1.54) is 4.90 Å². The van der Waals surface area contributed by atoms with Crippen LogP contribution in [0.2, 0.25) is 0 Å². The molecular weight excluding hydrogens is 486 g/mol. The maximum atomic E-state index is 13.2. The molecule has 0 bridgehead atoms. The number of hydrogen-bond donors (Lipinski definition) is 0. The van der Waals surface area contributed by atoms with E-state index in [1.54, 1.807) is 48.5 Å². The number of benzene rings is 4. The molecule has 4 aromatic rings. The average Bonchev–Trinajstić information content (AvgIpc) is 3.18. The molecule has 1 aliphatic heterocycles. The monoisotopic (exact) mass is 509 g/mol. The van der Waals surface area contributed by atoms with Gasteiger partial charge in [-0.15, -0.1) is 0 Å². The van der Waals surface area contributed by atoms with Crippen LogP contribution in [0, 0.1) is 0 Å². The summed E-state index contributed by atoms with van der Waals surface area (Å²) in [4.78, 5) is 40.0. The fourth-order valence-corrected chi connectivity index (χ4v) is 4.93. The van der Waals surface area contributed by atoms with E-state index in [9.17, 15) is 14.4 Å². The van der Waals surface area contributed by atoms with Crippen molar-refractivity contribution in [2.24, 2.45) is 0 Å². The summed E-state index contributed by atoms with van der Waals surface area (Å²) in [5.41, 5.74) is 1.98. The number of carbonyl (C=O) groups excluding carboxylic acids is 3. The Morgan fingerprint density at radius 1 is 0.892 bits per heavy atom. The van der Waals surface area contributed by atoms with E-state index in [2.05, 4.69) is 0 Å². The van der Waals surface area contributed by atoms with E-state index in [0.29, 0.717) is 28.4 Å². The Balaban J connectivity index is 1.37. The maximum absolute atomic E-state index is 13.2. The van der Waals surface area contributed by atoms with Crippen molar-refractivity contribution in [2.75, 3.05) is 6.61 Å². The second-order valence-electron chi connectivity index (χ2n) is 8.30. The molecule has 0 N–H and O–H groups in total. The Labute approximate surface area is 218 Å². The molecule has 37 heavy (non-hydrogen) atoms. The first kappa shape index (κ1) is 24.3. The summed E-state index contributed by atoms with van der Waals surface area (Å²) in [6.45, 7) is 2.39. The van der Waals surface area contributed by atoms with Crippen LogP contribution in [0.4, 0.5) is 4.79 Å². The van der Waals surface area contributed by atoms with E-state index in [1.807, 2.05) is 55.5 Å². The van der Waals surface area contributed by atoms with Crippen LogP contribution in [-0.4, -0.2) is 28.6 Å². The Morgan fingerprint density at radius 3 is 2.46 bits per heavy atom. The Morgan fingerprint density at radius 2 is 1.65 bits per heavy atom. The topological polar surface area (TPSA) is 72.9 Å². The van der Waals surface area contributed by atoms with Crippen LogP contribution in [0.1, 0.15) is 28.4 Å². The summed E-state index contributed by atoms with van der Waals surface area (Å²) < 4.78 is 11.2. The maximum Gasteiger partial charge on any atom is 0.343 e. The molecule has 1 heterocycles. The SMILES string of the molecule is CCOc1cc(/C=C2\SC(=O)N(Cc3cccc4ccccc34)C2=O)ccc1OC(=O)c1ccccc1. The predicted molar refractivity (Wildman–Crippen MR) is 144 cm³/mol. The van der Waals surface area contributed by atoms with Crippen molar-refractivity contribution in [1.82, 2.24) is 4.90 Å². The number of hydrogen-bond acceptors (Lipinski definition) is 6. The number of carbonyl (C=O) groups is 3. The summed E-state index contributed by atoms with van der Waals surface area (Å²) in [5.74, 6) is -0.197. The lowest BCUT2D eigenvalue weighted by molar-refractivity contribution is -0.123. The van der Waals surface area contributed by atoms with Crippen molar-refractivity contribution in [1.29, 1.82) is 0 Å². The van der Waals surface area contributed by atoms with Crippen LogP contribution < -0.4 is 9.47 Å². The molecule has 0 saturated carbocycles. The number of rotatable bonds is 7. The lowest BCUT2D eigenvalue weighted by Gasteiger charge is -2.14. The van der Waals surface area contributed by atoms with E-state index in [-0.39, 0.29) is 23.4 Å². The molecule has 0 radical (unpaired) electrons. The van der Waals surface area contributed by atoms with Crippen molar-refractivity contribution in [2.45, 2.75) is 13.5 Å². The second-order valence-corrected chi connectivity index (χ2v) is 9.29. The van der Waals surface area contributed by atoms with Gasteiger partial charge in [0.1, 0.15) is 0 Å². The van der Waals surface area contributed by atoms with Crippen molar-refractivity contribution in [3.05, 3.63) is 113 Å². The molecule has 0 aromatic heterocycles. The third kappa shape index (κ3) is 5.27. The summed E-state index contributed by atoms with van der Waals surface area (Å²) >= 11 is 0.905. The minimum Gasteiger partial charge on any atom is -0.490 e. The molecule has 2 amide bonds. The number of esters is 1. The van der Waals surface area contributed by atoms with Gasteiger partial charge in [-0.05, 0) is 70.9 Å². The van der Waals surface area contributed by atoms with Gasteiger partial charge >= 0.3 is 5.97 Å². The van der Waals surface area contributed by atoms with Crippen LogP contribution in [0.15, 0.2) is 95.9 Å². The summed E-state index contributed by atoms with van der Waals surface area (Å²) in [5, 5.41) is 1.75. The number of imide groups is 1. The molecular formula is C30H23NO5S. The van der Waals surface area contributed by atoms with Crippen LogP contribution in [-0.2, 0) is 11.3 Å². The quantitative estimate of drug-likeness (QED) is 0.157. The highest BCUT2D eigenvalue weighted by atomic mass is 32.2. The highest BCUT2D eigenvalue weighted by Crippen LogP contribution is 2.36. The first-order chi connectivity index (χ1) is 18.0. The first-order valence-corrected chi connectivity index (χ1v) is 12.6. The van der Waals surface area contributed by atoms with E-state index >= 15 is 0 Å². The van der Waals surface area contributed by atoms with Crippen molar-refractivity contribution < 1.29 is 23.9 Å². The van der Waals surface area contributed by atoms with Gasteiger partial charge in [0.05, 0.1) is 23.6 Å². The van der Waals surface area contributed by atoms with Crippen molar-refractivity contribution >= 4 is 45.7 Å². The van der Waals surface area contributed by atoms with Gasteiger partial charge in [-0.25, -0.2) is 4.79 Å². The molecule has 0 unspecified atom stereocenters. The third-order valence-electron chi connectivity index (χ3n) is 5.86. The first-order valence-electron chi connectivity index (χ1n) is 11.8. The minimum atomic E-state index is -0.496. The van der Waals surface area contributed by atoms with Crippen LogP contribution >= 0.6 is 11.8 Å². The molecule has 184 valence electrons. The van der Waals surface area contributed by atoms with Crippen molar-refractivity contribution in [3.8, 4) is 11.5 Å². The summed E-state index contributed by atoms with van der Waals surface area (Å²) in [6.07, 6.45) is 1.65. The lowest BCUT2D eigenvalue weighted by Crippen LogP contribution is -2.27. The van der Waals surface area contributed by atoms with E-state index in [4.69, 9.17) is 9.47 Å². The molecule has 1 aliphatic rings. The van der Waals surface area contributed by atoms with Crippen LogP contribution in [0.25, 0.3) is 16.8 Å². The normalized spacial score (nSPS) is 14.4. The van der Waals surface area contributed by atoms with Crippen LogP contribution in [0.3, 0.4) is 0 Å². The number of ether oxygens (including phenoxy) is 2. The number of thioether (sulfide) groups is 1. The Kier molecular flexibility index (Phi) is 7.05. The fourth-order valence-electron chi connectivity index (χ4n) is 4.09. The van der Waals surface area contributed by atoms with Crippen LogP contribution in [0.5, 0.6) is 11.5 Å². The summed E-state index contributed by atoms with van der Waals surface area (Å²) in [7, 11) is 0. The second kappa shape index (κ2) is 10.7. The molecule has 1 saturated heterocycles. The molecule has 7 heteroatoms. The van der Waals surface area contributed by atoms with Gasteiger partial charge < -0.3 is 9.47 Å². The van der Waals surface area contributed by atoms with Gasteiger partial charge in [0, 0.05) is 0 Å². The molecule has 1 fully saturated rings.